The van der Waals surface area contributed by atoms with Gasteiger partial charge in [-0.2, -0.15) is 0 Å². The summed E-state index contributed by atoms with van der Waals surface area (Å²) in [4.78, 5) is 24.7. The van der Waals surface area contributed by atoms with Crippen molar-refractivity contribution >= 4 is 11.9 Å². The summed E-state index contributed by atoms with van der Waals surface area (Å²) in [6, 6.07) is -0.298. The zero-order valence-corrected chi connectivity index (χ0v) is 10.4. The minimum Gasteiger partial charge on any atom is -0.469 e. The normalized spacial score (nSPS) is 20.9. The Morgan fingerprint density at radius 1 is 1.47 bits per heavy atom. The van der Waals surface area contributed by atoms with Crippen LogP contribution in [0.4, 0.5) is 0 Å². The molecule has 0 radical (unpaired) electrons. The van der Waals surface area contributed by atoms with Crippen LogP contribution in [-0.2, 0) is 19.1 Å². The number of nitrogens with zero attached hydrogens (tertiary/aromatic N) is 1. The smallest absolute Gasteiger partial charge is 0.324 e. The molecule has 6 nitrogen and oxygen atoms in total. The van der Waals surface area contributed by atoms with Crippen molar-refractivity contribution in [3.8, 4) is 0 Å². The van der Waals surface area contributed by atoms with Crippen LogP contribution in [0.5, 0.6) is 0 Å². The highest BCUT2D eigenvalue weighted by molar-refractivity contribution is 5.76. The monoisotopic (exact) mass is 244 g/mol. The van der Waals surface area contributed by atoms with E-state index in [2.05, 4.69) is 10.1 Å². The Morgan fingerprint density at radius 2 is 2.24 bits per heavy atom. The highest BCUT2D eigenvalue weighted by Gasteiger charge is 2.29. The van der Waals surface area contributed by atoms with Crippen molar-refractivity contribution in [3.05, 3.63) is 0 Å². The van der Waals surface area contributed by atoms with Crippen molar-refractivity contribution in [1.82, 2.24) is 10.2 Å². The summed E-state index contributed by atoms with van der Waals surface area (Å²) in [5, 5.41) is 3.15. The van der Waals surface area contributed by atoms with Gasteiger partial charge in [-0.25, -0.2) is 0 Å². The summed E-state index contributed by atoms with van der Waals surface area (Å²) in [6.45, 7) is 4.81. The number of carbonyl (C=O) groups excluding carboxylic acids is 2. The van der Waals surface area contributed by atoms with Crippen LogP contribution in [-0.4, -0.2) is 62.8 Å². The predicted octanol–water partition coefficient (Wildman–Crippen LogP) is -0.614. The first-order valence-corrected chi connectivity index (χ1v) is 5.87. The molecule has 1 unspecified atom stereocenters. The van der Waals surface area contributed by atoms with Crippen LogP contribution in [0, 0.1) is 0 Å². The van der Waals surface area contributed by atoms with Gasteiger partial charge in [-0.05, 0) is 6.92 Å². The first-order chi connectivity index (χ1) is 8.19. The van der Waals surface area contributed by atoms with Gasteiger partial charge in [0, 0.05) is 26.2 Å². The van der Waals surface area contributed by atoms with Crippen molar-refractivity contribution in [3.63, 3.8) is 0 Å². The molecule has 1 rings (SSSR count). The van der Waals surface area contributed by atoms with Gasteiger partial charge in [0.05, 0.1) is 20.1 Å². The fraction of sp³-hybridized carbons (Fsp3) is 0.818. The van der Waals surface area contributed by atoms with E-state index in [9.17, 15) is 9.59 Å². The number of methoxy groups -OCH3 is 1. The summed E-state index contributed by atoms with van der Waals surface area (Å²) in [6.07, 6.45) is 0.298. The molecule has 1 heterocycles. The second kappa shape index (κ2) is 7.24. The van der Waals surface area contributed by atoms with E-state index in [1.165, 1.54) is 7.11 Å². The molecule has 0 spiro atoms. The molecule has 0 aliphatic carbocycles. The molecule has 1 aliphatic rings. The van der Waals surface area contributed by atoms with Gasteiger partial charge in [-0.1, -0.05) is 0 Å². The highest BCUT2D eigenvalue weighted by Crippen LogP contribution is 2.06. The maximum atomic E-state index is 11.7. The van der Waals surface area contributed by atoms with Crippen LogP contribution >= 0.6 is 0 Å². The van der Waals surface area contributed by atoms with Crippen molar-refractivity contribution in [2.75, 3.05) is 39.9 Å². The van der Waals surface area contributed by atoms with Crippen molar-refractivity contribution in [2.45, 2.75) is 19.4 Å². The molecular weight excluding hydrogens is 224 g/mol. The van der Waals surface area contributed by atoms with Crippen molar-refractivity contribution in [1.29, 1.82) is 0 Å². The van der Waals surface area contributed by atoms with E-state index in [4.69, 9.17) is 4.74 Å². The Kier molecular flexibility index (Phi) is 5.93. The third kappa shape index (κ3) is 4.32. The summed E-state index contributed by atoms with van der Waals surface area (Å²) in [7, 11) is 1.36. The van der Waals surface area contributed by atoms with E-state index in [1.807, 2.05) is 4.90 Å². The average molecular weight is 244 g/mol. The summed E-state index contributed by atoms with van der Waals surface area (Å²) >= 11 is 0. The van der Waals surface area contributed by atoms with Crippen LogP contribution < -0.4 is 5.32 Å². The lowest BCUT2D eigenvalue weighted by Crippen LogP contribution is -2.55. The van der Waals surface area contributed by atoms with E-state index in [1.54, 1.807) is 6.92 Å². The van der Waals surface area contributed by atoms with Gasteiger partial charge < -0.3 is 14.8 Å². The van der Waals surface area contributed by atoms with Crippen LogP contribution in [0.15, 0.2) is 0 Å². The van der Waals surface area contributed by atoms with Crippen LogP contribution in [0.3, 0.4) is 0 Å². The molecule has 0 aromatic rings. The zero-order valence-electron chi connectivity index (χ0n) is 10.4. The molecule has 17 heavy (non-hydrogen) atoms. The number of carbonyl (C=O) groups is 2. The lowest BCUT2D eigenvalue weighted by Gasteiger charge is -2.34. The molecule has 0 aromatic carbocycles. The first kappa shape index (κ1) is 13.9. The molecule has 1 N–H and O–H groups in total. The Balaban J connectivity index is 2.47. The van der Waals surface area contributed by atoms with E-state index < -0.39 is 0 Å². The molecule has 1 aliphatic heterocycles. The lowest BCUT2D eigenvalue weighted by atomic mass is 10.2. The molecule has 0 aromatic heterocycles. The number of nitrogens with one attached hydrogen (secondary N) is 1. The van der Waals surface area contributed by atoms with Gasteiger partial charge in [0.25, 0.3) is 0 Å². The van der Waals surface area contributed by atoms with Gasteiger partial charge in [0.2, 0.25) is 0 Å². The molecule has 1 saturated heterocycles. The van der Waals surface area contributed by atoms with Gasteiger partial charge >= 0.3 is 11.9 Å². The van der Waals surface area contributed by atoms with Crippen molar-refractivity contribution < 1.29 is 19.1 Å². The second-order valence-electron chi connectivity index (χ2n) is 3.83. The number of ether oxygens (including phenoxy) is 2. The van der Waals surface area contributed by atoms with Gasteiger partial charge in [0.1, 0.15) is 6.04 Å². The Morgan fingerprint density at radius 3 is 2.88 bits per heavy atom. The van der Waals surface area contributed by atoms with Gasteiger partial charge in [0.15, 0.2) is 0 Å². The molecule has 6 heteroatoms. The number of piperazine rings is 1. The average Bonchev–Trinajstić information content (AvgIpc) is 2.36. The molecule has 98 valence electrons. The highest BCUT2D eigenvalue weighted by atomic mass is 16.5. The summed E-state index contributed by atoms with van der Waals surface area (Å²) < 4.78 is 9.60. The summed E-state index contributed by atoms with van der Waals surface area (Å²) in [5.74, 6) is -0.490. The number of hydrogen-bond donors (Lipinski definition) is 1. The maximum Gasteiger partial charge on any atom is 0.324 e. The number of hydrogen-bond acceptors (Lipinski definition) is 6. The summed E-state index contributed by atoms with van der Waals surface area (Å²) in [5.41, 5.74) is 0. The minimum absolute atomic E-state index is 0.232. The molecule has 0 amide bonds. The van der Waals surface area contributed by atoms with Gasteiger partial charge in [-0.15, -0.1) is 0 Å². The van der Waals surface area contributed by atoms with E-state index in [-0.39, 0.29) is 18.0 Å². The fourth-order valence-corrected chi connectivity index (χ4v) is 1.82. The van der Waals surface area contributed by atoms with E-state index in [0.29, 0.717) is 26.1 Å². The quantitative estimate of drug-likeness (QED) is 0.651. The topological polar surface area (TPSA) is 67.9 Å². The van der Waals surface area contributed by atoms with Gasteiger partial charge in [-0.3, -0.25) is 14.5 Å². The maximum absolute atomic E-state index is 11.7. The van der Waals surface area contributed by atoms with E-state index in [0.717, 1.165) is 13.1 Å². The molecule has 0 bridgehead atoms. The fourth-order valence-electron chi connectivity index (χ4n) is 1.82. The lowest BCUT2D eigenvalue weighted by molar-refractivity contribution is -0.151. The Labute approximate surface area is 101 Å². The Bertz CT molecular complexity index is 270. The zero-order chi connectivity index (χ0) is 12.7. The molecule has 1 fully saturated rings. The molecule has 0 saturated carbocycles. The molecule has 1 atom stereocenters. The van der Waals surface area contributed by atoms with E-state index >= 15 is 0 Å². The SMILES string of the molecule is CCOC(=O)C1CNCCN1CCC(=O)OC. The largest absolute Gasteiger partial charge is 0.469 e. The Hall–Kier alpha value is -1.14. The number of esters is 2. The predicted molar refractivity (Wildman–Crippen MR) is 61.5 cm³/mol. The third-order valence-electron chi connectivity index (χ3n) is 2.74. The number of rotatable bonds is 5. The third-order valence-corrected chi connectivity index (χ3v) is 2.74. The second-order valence-corrected chi connectivity index (χ2v) is 3.83. The standard InChI is InChI=1S/C11H20N2O4/c1-3-17-11(15)9-8-12-5-7-13(9)6-4-10(14)16-2/h9,12H,3-8H2,1-2H3. The van der Waals surface area contributed by atoms with Crippen LogP contribution in [0.2, 0.25) is 0 Å². The van der Waals surface area contributed by atoms with Crippen LogP contribution in [0.1, 0.15) is 13.3 Å². The minimum atomic E-state index is -0.298. The first-order valence-electron chi connectivity index (χ1n) is 5.87. The molecular formula is C11H20N2O4. The van der Waals surface area contributed by atoms with Crippen molar-refractivity contribution in [2.24, 2.45) is 0 Å². The van der Waals surface area contributed by atoms with Crippen LogP contribution in [0.25, 0.3) is 0 Å².